The number of nitrogens with one attached hydrogen (secondary N) is 1. The molecule has 0 radical (unpaired) electrons. The second-order valence-corrected chi connectivity index (χ2v) is 8.94. The number of rotatable bonds is 6. The van der Waals surface area contributed by atoms with Gasteiger partial charge in [-0.3, -0.25) is 4.79 Å². The predicted molar refractivity (Wildman–Crippen MR) is 120 cm³/mol. The zero-order valence-corrected chi connectivity index (χ0v) is 18.3. The van der Waals surface area contributed by atoms with E-state index in [2.05, 4.69) is 60.7 Å². The van der Waals surface area contributed by atoms with Gasteiger partial charge in [0, 0.05) is 35.7 Å². The minimum absolute atomic E-state index is 0.163. The first-order chi connectivity index (χ1) is 14.7. The lowest BCUT2D eigenvalue weighted by Crippen LogP contribution is -2.24. The summed E-state index contributed by atoms with van der Waals surface area (Å²) >= 11 is 3.46. The van der Waals surface area contributed by atoms with Gasteiger partial charge in [-0.05, 0) is 67.6 Å². The Labute approximate surface area is 184 Å². The fourth-order valence-electron chi connectivity index (χ4n) is 4.01. The molecule has 1 aromatic heterocycles. The van der Waals surface area contributed by atoms with Gasteiger partial charge in [0.25, 0.3) is 5.91 Å². The summed E-state index contributed by atoms with van der Waals surface area (Å²) in [5, 5.41) is 11.6. The van der Waals surface area contributed by atoms with E-state index in [0.717, 1.165) is 47.3 Å². The third kappa shape index (κ3) is 3.99. The molecule has 2 heterocycles. The van der Waals surface area contributed by atoms with Gasteiger partial charge in [-0.25, -0.2) is 4.68 Å². The molecular formula is C23H24BrN5O. The van der Waals surface area contributed by atoms with E-state index in [9.17, 15) is 4.79 Å². The number of hydrogen-bond acceptors (Lipinski definition) is 4. The molecule has 30 heavy (non-hydrogen) atoms. The predicted octanol–water partition coefficient (Wildman–Crippen LogP) is 4.44. The molecule has 0 spiro atoms. The van der Waals surface area contributed by atoms with Gasteiger partial charge >= 0.3 is 0 Å². The normalized spacial score (nSPS) is 16.1. The van der Waals surface area contributed by atoms with Crippen LogP contribution in [0.2, 0.25) is 0 Å². The van der Waals surface area contributed by atoms with E-state index in [4.69, 9.17) is 0 Å². The van der Waals surface area contributed by atoms with Crippen LogP contribution in [0.15, 0.2) is 53.0 Å². The van der Waals surface area contributed by atoms with E-state index < -0.39 is 0 Å². The smallest absolute Gasteiger partial charge is 0.274 e. The van der Waals surface area contributed by atoms with E-state index in [1.54, 1.807) is 0 Å². The highest BCUT2D eigenvalue weighted by molar-refractivity contribution is 9.10. The van der Waals surface area contributed by atoms with E-state index in [1.165, 1.54) is 18.5 Å². The monoisotopic (exact) mass is 465 g/mol. The van der Waals surface area contributed by atoms with E-state index in [1.807, 2.05) is 28.9 Å². The maximum Gasteiger partial charge on any atom is 0.274 e. The molecule has 7 heteroatoms. The number of anilines is 1. The standard InChI is InChI=1S/C23H24BrN5O/c24-18-7-11-20(12-8-18)29-22(17-5-6-17)21(26-27-29)23(30)25-15-16-3-9-19(10-4-16)28-13-1-2-14-28/h3-4,7-12,17H,1-2,5-6,13-15H2,(H,25,30). The van der Waals surface area contributed by atoms with E-state index in [-0.39, 0.29) is 5.91 Å². The first-order valence-corrected chi connectivity index (χ1v) is 11.3. The van der Waals surface area contributed by atoms with Crippen LogP contribution in [0.25, 0.3) is 5.69 Å². The first-order valence-electron chi connectivity index (χ1n) is 10.5. The van der Waals surface area contributed by atoms with Crippen LogP contribution in [0, 0.1) is 0 Å². The van der Waals surface area contributed by atoms with Gasteiger partial charge in [0.05, 0.1) is 11.4 Å². The molecule has 1 aliphatic heterocycles. The van der Waals surface area contributed by atoms with Gasteiger partial charge in [-0.15, -0.1) is 5.10 Å². The van der Waals surface area contributed by atoms with Gasteiger partial charge < -0.3 is 10.2 Å². The lowest BCUT2D eigenvalue weighted by molar-refractivity contribution is 0.0945. The molecule has 0 unspecified atom stereocenters. The van der Waals surface area contributed by atoms with Crippen LogP contribution in [-0.4, -0.2) is 34.0 Å². The number of carbonyl (C=O) groups excluding carboxylic acids is 1. The highest BCUT2D eigenvalue weighted by atomic mass is 79.9. The van der Waals surface area contributed by atoms with Crippen molar-refractivity contribution in [1.29, 1.82) is 0 Å². The van der Waals surface area contributed by atoms with Crippen molar-refractivity contribution >= 4 is 27.5 Å². The third-order valence-corrected chi connectivity index (χ3v) is 6.34. The summed E-state index contributed by atoms with van der Waals surface area (Å²) in [6.45, 7) is 2.75. The maximum absolute atomic E-state index is 12.9. The summed E-state index contributed by atoms with van der Waals surface area (Å²) in [5.41, 5.74) is 4.62. The molecule has 6 nitrogen and oxygen atoms in total. The van der Waals surface area contributed by atoms with E-state index >= 15 is 0 Å². The second-order valence-electron chi connectivity index (χ2n) is 8.03. The largest absolute Gasteiger partial charge is 0.372 e. The Balaban J connectivity index is 1.30. The van der Waals surface area contributed by atoms with Crippen molar-refractivity contribution in [2.75, 3.05) is 18.0 Å². The molecule has 2 aliphatic rings. The zero-order valence-electron chi connectivity index (χ0n) is 16.7. The van der Waals surface area contributed by atoms with Crippen molar-refractivity contribution in [3.8, 4) is 5.69 Å². The molecule has 2 aromatic carbocycles. The Kier molecular flexibility index (Phi) is 5.29. The van der Waals surface area contributed by atoms with E-state index in [0.29, 0.717) is 18.2 Å². The Morgan fingerprint density at radius 3 is 2.33 bits per heavy atom. The van der Waals surface area contributed by atoms with Crippen molar-refractivity contribution in [2.45, 2.75) is 38.1 Å². The molecule has 2 fully saturated rings. The molecule has 5 rings (SSSR count). The van der Waals surface area contributed by atoms with Crippen LogP contribution in [0.4, 0.5) is 5.69 Å². The summed E-state index contributed by atoms with van der Waals surface area (Å²) in [6, 6.07) is 16.4. The van der Waals surface area contributed by atoms with Crippen molar-refractivity contribution in [2.24, 2.45) is 0 Å². The Bertz CT molecular complexity index is 1030. The minimum atomic E-state index is -0.163. The number of benzene rings is 2. The van der Waals surface area contributed by atoms with Gasteiger partial charge in [-0.1, -0.05) is 33.3 Å². The molecule has 0 atom stereocenters. The average molecular weight is 466 g/mol. The van der Waals surface area contributed by atoms with Gasteiger partial charge in [-0.2, -0.15) is 0 Å². The molecular weight excluding hydrogens is 442 g/mol. The summed E-state index contributed by atoms with van der Waals surface area (Å²) in [6.07, 6.45) is 4.68. The number of hydrogen-bond donors (Lipinski definition) is 1. The van der Waals surface area contributed by atoms with Crippen LogP contribution in [0.3, 0.4) is 0 Å². The zero-order chi connectivity index (χ0) is 20.5. The highest BCUT2D eigenvalue weighted by Crippen LogP contribution is 2.42. The minimum Gasteiger partial charge on any atom is -0.372 e. The SMILES string of the molecule is O=C(NCc1ccc(N2CCCC2)cc1)c1nnn(-c2ccc(Br)cc2)c1C1CC1. The molecule has 0 bridgehead atoms. The topological polar surface area (TPSA) is 63.1 Å². The lowest BCUT2D eigenvalue weighted by atomic mass is 10.1. The summed E-state index contributed by atoms with van der Waals surface area (Å²) in [7, 11) is 0. The van der Waals surface area contributed by atoms with Crippen LogP contribution in [-0.2, 0) is 6.54 Å². The highest BCUT2D eigenvalue weighted by Gasteiger charge is 2.34. The second kappa shape index (κ2) is 8.22. The van der Waals surface area contributed by atoms with Crippen LogP contribution < -0.4 is 10.2 Å². The summed E-state index contributed by atoms with van der Waals surface area (Å²) < 4.78 is 2.82. The Hall–Kier alpha value is -2.67. The lowest BCUT2D eigenvalue weighted by Gasteiger charge is -2.17. The molecule has 1 amide bonds. The molecule has 1 saturated carbocycles. The maximum atomic E-state index is 12.9. The van der Waals surface area contributed by atoms with Gasteiger partial charge in [0.2, 0.25) is 0 Å². The van der Waals surface area contributed by atoms with Crippen molar-refractivity contribution in [1.82, 2.24) is 20.3 Å². The molecule has 1 aliphatic carbocycles. The molecule has 1 saturated heterocycles. The molecule has 154 valence electrons. The van der Waals surface area contributed by atoms with Crippen LogP contribution in [0.5, 0.6) is 0 Å². The van der Waals surface area contributed by atoms with Crippen molar-refractivity contribution in [3.63, 3.8) is 0 Å². The summed E-state index contributed by atoms with van der Waals surface area (Å²) in [4.78, 5) is 15.3. The summed E-state index contributed by atoms with van der Waals surface area (Å²) in [5.74, 6) is 0.188. The van der Waals surface area contributed by atoms with Crippen LogP contribution >= 0.6 is 15.9 Å². The Morgan fingerprint density at radius 2 is 1.67 bits per heavy atom. The van der Waals surface area contributed by atoms with Gasteiger partial charge in [0.1, 0.15) is 0 Å². The third-order valence-electron chi connectivity index (χ3n) is 5.82. The number of halogens is 1. The Morgan fingerprint density at radius 1 is 1.00 bits per heavy atom. The fraction of sp³-hybridized carbons (Fsp3) is 0.348. The van der Waals surface area contributed by atoms with Crippen LogP contribution in [0.1, 0.15) is 53.3 Å². The molecule has 1 N–H and O–H groups in total. The quantitative estimate of drug-likeness (QED) is 0.584. The number of aromatic nitrogens is 3. The van der Waals surface area contributed by atoms with Crippen molar-refractivity contribution < 1.29 is 4.79 Å². The fourth-order valence-corrected chi connectivity index (χ4v) is 4.28. The first kappa shape index (κ1) is 19.3. The van der Waals surface area contributed by atoms with Gasteiger partial charge in [0.15, 0.2) is 5.69 Å². The van der Waals surface area contributed by atoms with Crippen molar-refractivity contribution in [3.05, 3.63) is 70.0 Å². The number of nitrogens with zero attached hydrogens (tertiary/aromatic N) is 4. The number of carbonyl (C=O) groups is 1. The number of amides is 1. The average Bonchev–Trinajstić information content (AvgIpc) is 3.27. The molecule has 3 aromatic rings.